The summed E-state index contributed by atoms with van der Waals surface area (Å²) in [7, 11) is 0. The van der Waals surface area contributed by atoms with Gasteiger partial charge in [0.15, 0.2) is 12.0 Å². The summed E-state index contributed by atoms with van der Waals surface area (Å²) in [4.78, 5) is 11.1. The van der Waals surface area contributed by atoms with Crippen molar-refractivity contribution in [2.24, 2.45) is 0 Å². The summed E-state index contributed by atoms with van der Waals surface area (Å²) in [6.07, 6.45) is 2.54. The molecule has 1 aromatic carbocycles. The lowest BCUT2D eigenvalue weighted by Crippen LogP contribution is -2.15. The molecule has 2 heterocycles. The standard InChI is InChI=1S/C16H19N3O3/c1-12-4-6-13(7-5-12)21-10-8-19-16(14(11-20)17-18-19)15-3-2-9-22-15/h4-7,11,15H,2-3,8-10H2,1H3. The maximum atomic E-state index is 11.1. The number of ether oxygens (including phenoxy) is 2. The number of nitrogens with zero attached hydrogens (tertiary/aromatic N) is 3. The molecule has 1 aromatic heterocycles. The van der Waals surface area contributed by atoms with Crippen molar-refractivity contribution in [1.82, 2.24) is 15.0 Å². The molecule has 1 saturated heterocycles. The van der Waals surface area contributed by atoms with Crippen LogP contribution in [0.5, 0.6) is 5.75 Å². The van der Waals surface area contributed by atoms with E-state index in [4.69, 9.17) is 9.47 Å². The summed E-state index contributed by atoms with van der Waals surface area (Å²) in [5.74, 6) is 0.819. The number of hydrogen-bond donors (Lipinski definition) is 0. The van der Waals surface area contributed by atoms with E-state index in [9.17, 15) is 4.79 Å². The highest BCUT2D eigenvalue weighted by atomic mass is 16.5. The number of aryl methyl sites for hydroxylation is 1. The smallest absolute Gasteiger partial charge is 0.172 e. The van der Waals surface area contributed by atoms with E-state index in [1.165, 1.54) is 5.56 Å². The van der Waals surface area contributed by atoms with Gasteiger partial charge < -0.3 is 9.47 Å². The van der Waals surface area contributed by atoms with Crippen molar-refractivity contribution in [3.05, 3.63) is 41.2 Å². The molecule has 1 fully saturated rings. The normalized spacial score (nSPS) is 17.6. The number of hydrogen-bond acceptors (Lipinski definition) is 5. The van der Waals surface area contributed by atoms with Crippen molar-refractivity contribution in [3.8, 4) is 5.75 Å². The van der Waals surface area contributed by atoms with Gasteiger partial charge in [0.2, 0.25) is 0 Å². The van der Waals surface area contributed by atoms with Crippen molar-refractivity contribution in [2.75, 3.05) is 13.2 Å². The van der Waals surface area contributed by atoms with Crippen LogP contribution in [0.2, 0.25) is 0 Å². The summed E-state index contributed by atoms with van der Waals surface area (Å²) in [6, 6.07) is 7.89. The average molecular weight is 301 g/mol. The minimum atomic E-state index is -0.0884. The molecule has 1 atom stereocenters. The third-order valence-electron chi connectivity index (χ3n) is 3.74. The lowest BCUT2D eigenvalue weighted by Gasteiger charge is -2.13. The highest BCUT2D eigenvalue weighted by molar-refractivity contribution is 5.73. The molecule has 1 aliphatic rings. The third-order valence-corrected chi connectivity index (χ3v) is 3.74. The summed E-state index contributed by atoms with van der Waals surface area (Å²) >= 11 is 0. The Bertz CT molecular complexity index is 631. The van der Waals surface area contributed by atoms with E-state index < -0.39 is 0 Å². The maximum Gasteiger partial charge on any atom is 0.172 e. The Morgan fingerprint density at radius 1 is 1.41 bits per heavy atom. The number of carbonyl (C=O) groups is 1. The van der Waals surface area contributed by atoms with E-state index in [2.05, 4.69) is 10.3 Å². The zero-order valence-electron chi connectivity index (χ0n) is 12.6. The second-order valence-corrected chi connectivity index (χ2v) is 5.36. The van der Waals surface area contributed by atoms with E-state index in [0.29, 0.717) is 25.5 Å². The second kappa shape index (κ2) is 6.70. The molecule has 0 bridgehead atoms. The number of aromatic nitrogens is 3. The summed E-state index contributed by atoms with van der Waals surface area (Å²) in [5, 5.41) is 7.98. The summed E-state index contributed by atoms with van der Waals surface area (Å²) < 4.78 is 13.1. The zero-order valence-corrected chi connectivity index (χ0v) is 12.6. The molecule has 22 heavy (non-hydrogen) atoms. The van der Waals surface area contributed by atoms with E-state index in [-0.39, 0.29) is 6.10 Å². The van der Waals surface area contributed by atoms with E-state index >= 15 is 0 Å². The van der Waals surface area contributed by atoms with Gasteiger partial charge in [-0.1, -0.05) is 22.9 Å². The minimum Gasteiger partial charge on any atom is -0.492 e. The van der Waals surface area contributed by atoms with Gasteiger partial charge in [0.1, 0.15) is 18.5 Å². The van der Waals surface area contributed by atoms with Gasteiger partial charge in [-0.2, -0.15) is 0 Å². The highest BCUT2D eigenvalue weighted by Gasteiger charge is 2.26. The minimum absolute atomic E-state index is 0.0884. The van der Waals surface area contributed by atoms with Gasteiger partial charge in [-0.25, -0.2) is 4.68 Å². The monoisotopic (exact) mass is 301 g/mol. The molecule has 0 amide bonds. The van der Waals surface area contributed by atoms with Crippen LogP contribution in [-0.2, 0) is 11.3 Å². The fourth-order valence-electron chi connectivity index (χ4n) is 2.59. The van der Waals surface area contributed by atoms with Gasteiger partial charge in [0.25, 0.3) is 0 Å². The van der Waals surface area contributed by atoms with Crippen molar-refractivity contribution in [2.45, 2.75) is 32.4 Å². The van der Waals surface area contributed by atoms with E-state index in [1.807, 2.05) is 31.2 Å². The molecular formula is C16H19N3O3. The molecule has 1 unspecified atom stereocenters. The SMILES string of the molecule is Cc1ccc(OCCn2nnc(C=O)c2C2CCCO2)cc1. The van der Waals surface area contributed by atoms with Crippen molar-refractivity contribution in [3.63, 3.8) is 0 Å². The van der Waals surface area contributed by atoms with Gasteiger partial charge in [0.05, 0.1) is 12.2 Å². The Morgan fingerprint density at radius 3 is 2.91 bits per heavy atom. The van der Waals surface area contributed by atoms with E-state index in [0.717, 1.165) is 30.6 Å². The van der Waals surface area contributed by atoms with Crippen LogP contribution in [0.4, 0.5) is 0 Å². The van der Waals surface area contributed by atoms with Crippen molar-refractivity contribution in [1.29, 1.82) is 0 Å². The van der Waals surface area contributed by atoms with Crippen LogP contribution < -0.4 is 4.74 Å². The lowest BCUT2D eigenvalue weighted by atomic mass is 10.1. The van der Waals surface area contributed by atoms with Crippen LogP contribution in [0.15, 0.2) is 24.3 Å². The molecule has 6 heteroatoms. The molecule has 0 saturated carbocycles. The average Bonchev–Trinajstić information content (AvgIpc) is 3.17. The number of rotatable bonds is 6. The molecule has 1 aliphatic heterocycles. The first-order valence-electron chi connectivity index (χ1n) is 7.47. The van der Waals surface area contributed by atoms with Crippen LogP contribution in [0, 0.1) is 6.92 Å². The van der Waals surface area contributed by atoms with Gasteiger partial charge >= 0.3 is 0 Å². The molecular weight excluding hydrogens is 282 g/mol. The maximum absolute atomic E-state index is 11.1. The van der Waals surface area contributed by atoms with Gasteiger partial charge in [-0.05, 0) is 31.9 Å². The fourth-order valence-corrected chi connectivity index (χ4v) is 2.59. The highest BCUT2D eigenvalue weighted by Crippen LogP contribution is 2.29. The molecule has 0 N–H and O–H groups in total. The zero-order chi connectivity index (χ0) is 15.4. The van der Waals surface area contributed by atoms with Crippen LogP contribution in [0.25, 0.3) is 0 Å². The Balaban J connectivity index is 1.65. The number of carbonyl (C=O) groups excluding carboxylic acids is 1. The topological polar surface area (TPSA) is 66.2 Å². The quantitative estimate of drug-likeness (QED) is 0.766. The Kier molecular flexibility index (Phi) is 4.48. The molecule has 0 spiro atoms. The fraction of sp³-hybridized carbons (Fsp3) is 0.438. The summed E-state index contributed by atoms with van der Waals surface area (Å²) in [5.41, 5.74) is 2.32. The van der Waals surface area contributed by atoms with Crippen molar-refractivity contribution >= 4 is 6.29 Å². The van der Waals surface area contributed by atoms with Gasteiger partial charge in [0, 0.05) is 6.61 Å². The van der Waals surface area contributed by atoms with E-state index in [1.54, 1.807) is 4.68 Å². The Hall–Kier alpha value is -2.21. The first-order chi connectivity index (χ1) is 10.8. The number of aldehydes is 1. The second-order valence-electron chi connectivity index (χ2n) is 5.36. The van der Waals surface area contributed by atoms with Crippen LogP contribution in [0.3, 0.4) is 0 Å². The molecule has 0 aliphatic carbocycles. The first kappa shape index (κ1) is 14.7. The molecule has 116 valence electrons. The predicted octanol–water partition coefficient (Wildman–Crippen LogP) is 2.33. The van der Waals surface area contributed by atoms with Gasteiger partial charge in [-0.15, -0.1) is 5.10 Å². The molecule has 2 aromatic rings. The molecule has 3 rings (SSSR count). The van der Waals surface area contributed by atoms with Crippen LogP contribution in [-0.4, -0.2) is 34.5 Å². The summed E-state index contributed by atoms with van der Waals surface area (Å²) in [6.45, 7) is 3.75. The third kappa shape index (κ3) is 3.17. The predicted molar refractivity (Wildman–Crippen MR) is 80.0 cm³/mol. The Labute approximate surface area is 129 Å². The van der Waals surface area contributed by atoms with Crippen LogP contribution in [0.1, 0.15) is 40.7 Å². The van der Waals surface area contributed by atoms with Crippen molar-refractivity contribution < 1.29 is 14.3 Å². The molecule has 0 radical (unpaired) electrons. The number of benzene rings is 1. The molecule has 6 nitrogen and oxygen atoms in total. The largest absolute Gasteiger partial charge is 0.492 e. The lowest BCUT2D eigenvalue weighted by molar-refractivity contribution is 0.0997. The van der Waals surface area contributed by atoms with Crippen LogP contribution >= 0.6 is 0 Å². The first-order valence-corrected chi connectivity index (χ1v) is 7.47. The Morgan fingerprint density at radius 2 is 2.23 bits per heavy atom. The van der Waals surface area contributed by atoms with Gasteiger partial charge in [-0.3, -0.25) is 4.79 Å².